The van der Waals surface area contributed by atoms with Gasteiger partial charge in [-0.25, -0.2) is 8.78 Å². The second kappa shape index (κ2) is 8.04. The molecular formula is C13H18F2N2O3S. The number of nitrogen functional groups attached to an aromatic ring is 1. The van der Waals surface area contributed by atoms with Gasteiger partial charge < -0.3 is 15.8 Å². The van der Waals surface area contributed by atoms with Crippen LogP contribution in [0, 0.1) is 11.6 Å². The Morgan fingerprint density at radius 1 is 1.43 bits per heavy atom. The van der Waals surface area contributed by atoms with Gasteiger partial charge in [0.25, 0.3) is 0 Å². The maximum Gasteiger partial charge on any atom is 0.235 e. The van der Waals surface area contributed by atoms with Crippen molar-refractivity contribution in [2.75, 3.05) is 26.0 Å². The number of hydrogen-bond donors (Lipinski definition) is 2. The molecular weight excluding hydrogens is 302 g/mol. The minimum Gasteiger partial charge on any atom is -0.399 e. The SMILES string of the molecule is COCCCNC(=O)C(C)S(=O)c1c(F)cc(N)cc1F. The standard InChI is InChI=1S/C13H18F2N2O3S/c1-8(13(18)17-4-3-5-20-2)21(19)12-10(14)6-9(16)7-11(12)15/h6-8H,3-5,16H2,1-2H3,(H,17,18). The van der Waals surface area contributed by atoms with Gasteiger partial charge in [-0.1, -0.05) is 0 Å². The fourth-order valence-electron chi connectivity index (χ4n) is 1.62. The summed E-state index contributed by atoms with van der Waals surface area (Å²) in [5.74, 6) is -2.59. The minimum atomic E-state index is -2.15. The van der Waals surface area contributed by atoms with E-state index in [-0.39, 0.29) is 5.69 Å². The molecule has 1 amide bonds. The van der Waals surface area contributed by atoms with Crippen LogP contribution in [0.25, 0.3) is 0 Å². The van der Waals surface area contributed by atoms with E-state index in [1.165, 1.54) is 14.0 Å². The van der Waals surface area contributed by atoms with Gasteiger partial charge in [-0.15, -0.1) is 0 Å². The number of nitrogens with two attached hydrogens (primary N) is 1. The van der Waals surface area contributed by atoms with Crippen LogP contribution in [0.5, 0.6) is 0 Å². The quantitative estimate of drug-likeness (QED) is 0.584. The first kappa shape index (κ1) is 17.5. The van der Waals surface area contributed by atoms with Crippen LogP contribution in [0.15, 0.2) is 17.0 Å². The number of hydrogen-bond acceptors (Lipinski definition) is 4. The predicted octanol–water partition coefficient (Wildman–Crippen LogP) is 1.20. The zero-order valence-corrected chi connectivity index (χ0v) is 12.6. The molecule has 3 N–H and O–H groups in total. The van der Waals surface area contributed by atoms with E-state index in [1.54, 1.807) is 0 Å². The van der Waals surface area contributed by atoms with Gasteiger partial charge in [0.05, 0.1) is 10.8 Å². The summed E-state index contributed by atoms with van der Waals surface area (Å²) in [7, 11) is -0.612. The smallest absolute Gasteiger partial charge is 0.235 e. The van der Waals surface area contributed by atoms with E-state index >= 15 is 0 Å². The van der Waals surface area contributed by atoms with E-state index in [4.69, 9.17) is 10.5 Å². The van der Waals surface area contributed by atoms with Gasteiger partial charge in [0.15, 0.2) is 0 Å². The lowest BCUT2D eigenvalue weighted by Gasteiger charge is -2.13. The van der Waals surface area contributed by atoms with Crippen LogP contribution >= 0.6 is 0 Å². The second-order valence-corrected chi connectivity index (χ2v) is 6.10. The maximum absolute atomic E-state index is 13.7. The number of rotatable bonds is 7. The zero-order chi connectivity index (χ0) is 16.0. The zero-order valence-electron chi connectivity index (χ0n) is 11.8. The fourth-order valence-corrected chi connectivity index (χ4v) is 2.75. The number of halogens is 2. The monoisotopic (exact) mass is 320 g/mol. The minimum absolute atomic E-state index is 0.109. The third kappa shape index (κ3) is 4.75. The topological polar surface area (TPSA) is 81.4 Å². The van der Waals surface area contributed by atoms with Crippen molar-refractivity contribution in [3.63, 3.8) is 0 Å². The van der Waals surface area contributed by atoms with Gasteiger partial charge >= 0.3 is 0 Å². The number of carbonyl (C=O) groups excluding carboxylic acids is 1. The highest BCUT2D eigenvalue weighted by Gasteiger charge is 2.26. The lowest BCUT2D eigenvalue weighted by molar-refractivity contribution is -0.120. The summed E-state index contributed by atoms with van der Waals surface area (Å²) in [4.78, 5) is 11.2. The second-order valence-electron chi connectivity index (χ2n) is 4.39. The Bertz CT molecular complexity index is 517. The summed E-state index contributed by atoms with van der Waals surface area (Å²) in [6.07, 6.45) is 0.589. The molecule has 0 aliphatic heterocycles. The van der Waals surface area contributed by atoms with Crippen LogP contribution in [0.3, 0.4) is 0 Å². The van der Waals surface area contributed by atoms with Crippen molar-refractivity contribution in [3.8, 4) is 0 Å². The molecule has 0 spiro atoms. The maximum atomic E-state index is 13.7. The van der Waals surface area contributed by atoms with Crippen LogP contribution < -0.4 is 11.1 Å². The van der Waals surface area contributed by atoms with Gasteiger partial charge in [-0.2, -0.15) is 0 Å². The summed E-state index contributed by atoms with van der Waals surface area (Å²) in [5.41, 5.74) is 5.18. The molecule has 2 atom stereocenters. The molecule has 0 aromatic heterocycles. The largest absolute Gasteiger partial charge is 0.399 e. The first-order valence-electron chi connectivity index (χ1n) is 6.30. The van der Waals surface area contributed by atoms with Gasteiger partial charge in [0.2, 0.25) is 5.91 Å². The van der Waals surface area contributed by atoms with Crippen molar-refractivity contribution < 1.29 is 22.5 Å². The summed E-state index contributed by atoms with van der Waals surface area (Å²) in [5, 5.41) is 1.45. The molecule has 0 fully saturated rings. The Hall–Kier alpha value is -1.54. The van der Waals surface area contributed by atoms with Crippen LogP contribution in [-0.4, -0.2) is 35.6 Å². The molecule has 0 saturated heterocycles. The van der Waals surface area contributed by atoms with Crippen molar-refractivity contribution in [1.82, 2.24) is 5.32 Å². The molecule has 0 aliphatic carbocycles. The highest BCUT2D eigenvalue weighted by molar-refractivity contribution is 7.86. The van der Waals surface area contributed by atoms with Crippen LogP contribution in [0.1, 0.15) is 13.3 Å². The van der Waals surface area contributed by atoms with E-state index in [0.29, 0.717) is 19.6 Å². The molecule has 21 heavy (non-hydrogen) atoms. The molecule has 8 heteroatoms. The molecule has 1 rings (SSSR count). The van der Waals surface area contributed by atoms with Crippen LogP contribution in [0.2, 0.25) is 0 Å². The Kier molecular flexibility index (Phi) is 6.70. The number of anilines is 1. The van der Waals surface area contributed by atoms with E-state index in [1.807, 2.05) is 0 Å². The summed E-state index contributed by atoms with van der Waals surface area (Å²) >= 11 is 0. The molecule has 118 valence electrons. The number of nitrogens with one attached hydrogen (secondary N) is 1. The average Bonchev–Trinajstić information content (AvgIpc) is 2.41. The van der Waals surface area contributed by atoms with Crippen LogP contribution in [-0.2, 0) is 20.3 Å². The molecule has 0 aliphatic rings. The van der Waals surface area contributed by atoms with E-state index in [0.717, 1.165) is 12.1 Å². The Labute approximate surface area is 124 Å². The molecule has 2 unspecified atom stereocenters. The van der Waals surface area contributed by atoms with Crippen LogP contribution in [0.4, 0.5) is 14.5 Å². The highest BCUT2D eigenvalue weighted by atomic mass is 32.2. The molecule has 0 radical (unpaired) electrons. The average molecular weight is 320 g/mol. The number of ether oxygens (including phenoxy) is 1. The molecule has 5 nitrogen and oxygen atoms in total. The van der Waals surface area contributed by atoms with Gasteiger partial charge in [0, 0.05) is 25.9 Å². The van der Waals surface area contributed by atoms with E-state index < -0.39 is 38.5 Å². The Balaban J connectivity index is 2.76. The van der Waals surface area contributed by atoms with E-state index in [2.05, 4.69) is 5.32 Å². The molecule has 0 heterocycles. The third-order valence-electron chi connectivity index (χ3n) is 2.74. The van der Waals surface area contributed by atoms with Crippen molar-refractivity contribution >= 4 is 22.4 Å². The molecule has 1 aromatic carbocycles. The first-order valence-corrected chi connectivity index (χ1v) is 7.51. The predicted molar refractivity (Wildman–Crippen MR) is 76.1 cm³/mol. The van der Waals surface area contributed by atoms with Gasteiger partial charge in [-0.05, 0) is 25.5 Å². The van der Waals surface area contributed by atoms with E-state index in [9.17, 15) is 17.8 Å². The van der Waals surface area contributed by atoms with Gasteiger partial charge in [-0.3, -0.25) is 9.00 Å². The highest BCUT2D eigenvalue weighted by Crippen LogP contribution is 2.22. The normalized spacial score (nSPS) is 13.7. The Morgan fingerprint density at radius 3 is 2.52 bits per heavy atom. The van der Waals surface area contributed by atoms with Crippen molar-refractivity contribution in [3.05, 3.63) is 23.8 Å². The summed E-state index contributed by atoms with van der Waals surface area (Å²) < 4.78 is 44.3. The number of benzene rings is 1. The Morgan fingerprint density at radius 2 is 2.00 bits per heavy atom. The number of amides is 1. The third-order valence-corrected chi connectivity index (χ3v) is 4.39. The molecule has 1 aromatic rings. The lowest BCUT2D eigenvalue weighted by atomic mass is 10.3. The summed E-state index contributed by atoms with van der Waals surface area (Å²) in [6.45, 7) is 2.15. The molecule has 0 bridgehead atoms. The fraction of sp³-hybridized carbons (Fsp3) is 0.462. The van der Waals surface area contributed by atoms with Crippen molar-refractivity contribution in [2.45, 2.75) is 23.5 Å². The lowest BCUT2D eigenvalue weighted by Crippen LogP contribution is -2.36. The van der Waals surface area contributed by atoms with Gasteiger partial charge in [0.1, 0.15) is 21.8 Å². The van der Waals surface area contributed by atoms with Crippen molar-refractivity contribution in [2.24, 2.45) is 0 Å². The number of carbonyl (C=O) groups is 1. The first-order chi connectivity index (χ1) is 9.88. The number of methoxy groups -OCH3 is 1. The molecule has 0 saturated carbocycles. The van der Waals surface area contributed by atoms with Crippen molar-refractivity contribution in [1.29, 1.82) is 0 Å². The summed E-state index contributed by atoms with van der Waals surface area (Å²) in [6, 6.07) is 1.75.